The maximum Gasteiger partial charge on any atom is 0.228 e. The van der Waals surface area contributed by atoms with Gasteiger partial charge in [0.1, 0.15) is 5.75 Å². The number of pyridine rings is 1. The van der Waals surface area contributed by atoms with Crippen LogP contribution in [0.25, 0.3) is 11.0 Å². The zero-order chi connectivity index (χ0) is 19.7. The number of aromatic amines is 1. The normalized spacial score (nSPS) is 11.5. The number of para-hydroxylation sites is 2. The minimum absolute atomic E-state index is 0.197. The van der Waals surface area contributed by atoms with Crippen LogP contribution in [0.15, 0.2) is 66.9 Å². The van der Waals surface area contributed by atoms with E-state index in [0.29, 0.717) is 28.6 Å². The number of hydrogen-bond acceptors (Lipinski definition) is 5. The molecule has 2 heterocycles. The topological polar surface area (TPSA) is 88.1 Å². The quantitative estimate of drug-likeness (QED) is 0.512. The predicted octanol–water partition coefficient (Wildman–Crippen LogP) is 4.21. The number of aromatic nitrogens is 3. The van der Waals surface area contributed by atoms with E-state index in [-0.39, 0.29) is 5.78 Å². The summed E-state index contributed by atoms with van der Waals surface area (Å²) >= 11 is 0. The third-order valence-electron chi connectivity index (χ3n) is 4.37. The van der Waals surface area contributed by atoms with Crippen molar-refractivity contribution in [2.75, 3.05) is 0 Å². The van der Waals surface area contributed by atoms with Gasteiger partial charge in [-0.1, -0.05) is 12.1 Å². The fraction of sp³-hybridized carbons (Fsp3) is 0.136. The van der Waals surface area contributed by atoms with E-state index in [1.165, 1.54) is 0 Å². The molecular formula is C22H19N3O3. The number of aliphatic hydroxyl groups is 1. The number of ketones is 1. The highest BCUT2D eigenvalue weighted by Crippen LogP contribution is 2.31. The van der Waals surface area contributed by atoms with Crippen LogP contribution in [-0.4, -0.2) is 25.8 Å². The van der Waals surface area contributed by atoms with E-state index >= 15 is 0 Å². The van der Waals surface area contributed by atoms with Crippen LogP contribution in [0, 0.1) is 0 Å². The molecule has 2 aromatic carbocycles. The van der Waals surface area contributed by atoms with Crippen LogP contribution in [0.5, 0.6) is 11.6 Å². The second-order valence-electron chi connectivity index (χ2n) is 6.97. The van der Waals surface area contributed by atoms with Gasteiger partial charge in [0.15, 0.2) is 5.82 Å². The monoisotopic (exact) mass is 373 g/mol. The summed E-state index contributed by atoms with van der Waals surface area (Å²) in [4.78, 5) is 24.3. The molecule has 4 aromatic rings. The first-order valence-electron chi connectivity index (χ1n) is 8.87. The third kappa shape index (κ3) is 3.50. The Bertz CT molecular complexity index is 1110. The molecule has 0 spiro atoms. The summed E-state index contributed by atoms with van der Waals surface area (Å²) in [5.74, 6) is 0.943. The van der Waals surface area contributed by atoms with Crippen LogP contribution in [0.2, 0.25) is 0 Å². The SMILES string of the molecule is CC(C)(O)c1cccnc1Oc1ccc(C(=O)c2nc3ccccc3[nH]2)cc1. The summed E-state index contributed by atoms with van der Waals surface area (Å²) < 4.78 is 5.82. The molecule has 0 aliphatic carbocycles. The van der Waals surface area contributed by atoms with Gasteiger partial charge in [0.2, 0.25) is 11.7 Å². The molecule has 0 saturated carbocycles. The second-order valence-corrected chi connectivity index (χ2v) is 6.97. The van der Waals surface area contributed by atoms with Gasteiger partial charge in [-0.25, -0.2) is 9.97 Å². The van der Waals surface area contributed by atoms with Crippen LogP contribution in [0.4, 0.5) is 0 Å². The van der Waals surface area contributed by atoms with Crippen molar-refractivity contribution in [3.8, 4) is 11.6 Å². The van der Waals surface area contributed by atoms with Crippen molar-refractivity contribution in [1.82, 2.24) is 15.0 Å². The van der Waals surface area contributed by atoms with Gasteiger partial charge in [0, 0.05) is 17.3 Å². The fourth-order valence-electron chi connectivity index (χ4n) is 2.92. The van der Waals surface area contributed by atoms with Gasteiger partial charge in [-0.05, 0) is 62.4 Å². The summed E-state index contributed by atoms with van der Waals surface area (Å²) in [6.07, 6.45) is 1.60. The Labute approximate surface area is 161 Å². The molecule has 140 valence electrons. The molecule has 0 saturated heterocycles. The molecule has 0 aliphatic rings. The number of carbonyl (C=O) groups excluding carboxylic acids is 1. The number of ether oxygens (including phenoxy) is 1. The summed E-state index contributed by atoms with van der Waals surface area (Å²) in [5, 5.41) is 10.3. The van der Waals surface area contributed by atoms with Crippen molar-refractivity contribution in [1.29, 1.82) is 0 Å². The average Bonchev–Trinajstić information content (AvgIpc) is 3.12. The number of fused-ring (bicyclic) bond motifs is 1. The van der Waals surface area contributed by atoms with Gasteiger partial charge in [0.05, 0.1) is 16.6 Å². The first-order chi connectivity index (χ1) is 13.4. The van der Waals surface area contributed by atoms with Crippen molar-refractivity contribution in [3.63, 3.8) is 0 Å². The molecule has 0 amide bonds. The Morgan fingerprint density at radius 2 is 1.79 bits per heavy atom. The number of benzene rings is 2. The molecular weight excluding hydrogens is 354 g/mol. The Kier molecular flexibility index (Phi) is 4.41. The van der Waals surface area contributed by atoms with E-state index in [1.807, 2.05) is 24.3 Å². The molecule has 0 unspecified atom stereocenters. The summed E-state index contributed by atoms with van der Waals surface area (Å²) in [5.41, 5.74) is 1.56. The number of H-pyrrole nitrogens is 1. The average molecular weight is 373 g/mol. The molecule has 6 heteroatoms. The molecule has 0 bridgehead atoms. The van der Waals surface area contributed by atoms with Gasteiger partial charge in [0.25, 0.3) is 0 Å². The predicted molar refractivity (Wildman–Crippen MR) is 106 cm³/mol. The lowest BCUT2D eigenvalue weighted by Gasteiger charge is -2.20. The molecule has 6 nitrogen and oxygen atoms in total. The van der Waals surface area contributed by atoms with Crippen LogP contribution >= 0.6 is 0 Å². The minimum Gasteiger partial charge on any atom is -0.439 e. The number of carbonyl (C=O) groups is 1. The number of imidazole rings is 1. The highest BCUT2D eigenvalue weighted by Gasteiger charge is 2.22. The highest BCUT2D eigenvalue weighted by molar-refractivity contribution is 6.08. The first-order valence-corrected chi connectivity index (χ1v) is 8.87. The zero-order valence-corrected chi connectivity index (χ0v) is 15.5. The maximum atomic E-state index is 12.7. The zero-order valence-electron chi connectivity index (χ0n) is 15.5. The van der Waals surface area contributed by atoms with Crippen LogP contribution < -0.4 is 4.74 Å². The van der Waals surface area contributed by atoms with Crippen molar-refractivity contribution in [2.24, 2.45) is 0 Å². The van der Waals surface area contributed by atoms with E-state index in [0.717, 1.165) is 11.0 Å². The number of rotatable bonds is 5. The Balaban J connectivity index is 1.57. The van der Waals surface area contributed by atoms with Gasteiger partial charge < -0.3 is 14.8 Å². The van der Waals surface area contributed by atoms with Crippen molar-refractivity contribution >= 4 is 16.8 Å². The number of hydrogen-bond donors (Lipinski definition) is 2. The van der Waals surface area contributed by atoms with Gasteiger partial charge >= 0.3 is 0 Å². The van der Waals surface area contributed by atoms with E-state index in [9.17, 15) is 9.90 Å². The molecule has 2 aromatic heterocycles. The van der Waals surface area contributed by atoms with E-state index in [1.54, 1.807) is 56.4 Å². The molecule has 0 radical (unpaired) electrons. The lowest BCUT2D eigenvalue weighted by molar-refractivity contribution is 0.0756. The van der Waals surface area contributed by atoms with Gasteiger partial charge in [-0.15, -0.1) is 0 Å². The van der Waals surface area contributed by atoms with E-state index in [4.69, 9.17) is 4.74 Å². The van der Waals surface area contributed by atoms with Gasteiger partial charge in [-0.3, -0.25) is 4.79 Å². The second kappa shape index (κ2) is 6.90. The fourth-order valence-corrected chi connectivity index (χ4v) is 2.92. The molecule has 4 rings (SSSR count). The number of nitrogens with zero attached hydrogens (tertiary/aromatic N) is 2. The Morgan fingerprint density at radius 1 is 1.04 bits per heavy atom. The van der Waals surface area contributed by atoms with Crippen molar-refractivity contribution in [3.05, 3.63) is 83.8 Å². The first kappa shape index (κ1) is 17.9. The van der Waals surface area contributed by atoms with Crippen LogP contribution in [0.1, 0.15) is 35.6 Å². The molecule has 28 heavy (non-hydrogen) atoms. The smallest absolute Gasteiger partial charge is 0.228 e. The van der Waals surface area contributed by atoms with Crippen molar-refractivity contribution in [2.45, 2.75) is 19.4 Å². The minimum atomic E-state index is -1.08. The summed E-state index contributed by atoms with van der Waals surface area (Å²) in [6, 6.07) is 17.8. The van der Waals surface area contributed by atoms with Gasteiger partial charge in [-0.2, -0.15) is 0 Å². The van der Waals surface area contributed by atoms with Crippen LogP contribution in [-0.2, 0) is 5.60 Å². The van der Waals surface area contributed by atoms with E-state index in [2.05, 4.69) is 15.0 Å². The van der Waals surface area contributed by atoms with Crippen LogP contribution in [0.3, 0.4) is 0 Å². The highest BCUT2D eigenvalue weighted by atomic mass is 16.5. The molecule has 0 atom stereocenters. The summed E-state index contributed by atoms with van der Waals surface area (Å²) in [6.45, 7) is 3.35. The lowest BCUT2D eigenvalue weighted by atomic mass is 10.00. The maximum absolute atomic E-state index is 12.7. The lowest BCUT2D eigenvalue weighted by Crippen LogP contribution is -2.17. The van der Waals surface area contributed by atoms with Crippen molar-refractivity contribution < 1.29 is 14.6 Å². The molecule has 0 aliphatic heterocycles. The Hall–Kier alpha value is -3.51. The Morgan fingerprint density at radius 3 is 2.50 bits per heavy atom. The summed E-state index contributed by atoms with van der Waals surface area (Å²) in [7, 11) is 0. The standard InChI is InChI=1S/C22H19N3O3/c1-22(2,27)16-6-5-13-23-21(16)28-15-11-9-14(10-12-15)19(26)20-24-17-7-3-4-8-18(17)25-20/h3-13,27H,1-2H3,(H,24,25). The van der Waals surface area contributed by atoms with E-state index < -0.39 is 5.60 Å². The molecule has 0 fully saturated rings. The third-order valence-corrected chi connectivity index (χ3v) is 4.37. The molecule has 2 N–H and O–H groups in total. The number of nitrogens with one attached hydrogen (secondary N) is 1. The largest absolute Gasteiger partial charge is 0.439 e.